The zero-order valence-corrected chi connectivity index (χ0v) is 13.3. The zero-order chi connectivity index (χ0) is 17.2. The normalized spacial score (nSPS) is 18.5. The predicted molar refractivity (Wildman–Crippen MR) is 92.1 cm³/mol. The topological polar surface area (TPSA) is 12.9 Å². The molecule has 2 aliphatic carbocycles. The van der Waals surface area contributed by atoms with Crippen molar-refractivity contribution < 1.29 is 13.2 Å². The Labute approximate surface area is 142 Å². The second-order valence-electron chi connectivity index (χ2n) is 6.65. The standard InChI is InChI=1S/C21H14F3N/c22-21(23,24)14-8-6-12(7-9-14)18-19-16-5-1-4-15(16)17(19)11-13-3-2-10-25-20(13)18/h2-4,6-11,16H,1,5H2. The van der Waals surface area contributed by atoms with Gasteiger partial charge in [-0.05, 0) is 59.4 Å². The first kappa shape index (κ1) is 14.7. The Morgan fingerprint density at radius 1 is 1.04 bits per heavy atom. The molecule has 0 aliphatic heterocycles. The molecule has 0 amide bonds. The number of hydrogen-bond acceptors (Lipinski definition) is 1. The smallest absolute Gasteiger partial charge is 0.256 e. The number of benzene rings is 2. The first-order chi connectivity index (χ1) is 12.0. The lowest BCUT2D eigenvalue weighted by atomic mass is 9.70. The van der Waals surface area contributed by atoms with Crippen LogP contribution in [0.5, 0.6) is 0 Å². The van der Waals surface area contributed by atoms with E-state index in [1.807, 2.05) is 12.1 Å². The molecule has 0 saturated heterocycles. The molecule has 0 N–H and O–H groups in total. The first-order valence-corrected chi connectivity index (χ1v) is 8.34. The van der Waals surface area contributed by atoms with Gasteiger partial charge < -0.3 is 0 Å². The van der Waals surface area contributed by atoms with Crippen LogP contribution >= 0.6 is 0 Å². The molecule has 3 aromatic rings. The molecule has 124 valence electrons. The molecule has 25 heavy (non-hydrogen) atoms. The van der Waals surface area contributed by atoms with Crippen LogP contribution in [0.2, 0.25) is 0 Å². The van der Waals surface area contributed by atoms with E-state index in [1.54, 1.807) is 18.3 Å². The number of aromatic nitrogens is 1. The van der Waals surface area contributed by atoms with Crippen LogP contribution in [0.25, 0.3) is 27.6 Å². The summed E-state index contributed by atoms with van der Waals surface area (Å²) >= 11 is 0. The van der Waals surface area contributed by atoms with Crippen LogP contribution in [0, 0.1) is 0 Å². The summed E-state index contributed by atoms with van der Waals surface area (Å²) in [5, 5.41) is 1.03. The fraction of sp³-hybridized carbons (Fsp3) is 0.190. The Kier molecular flexibility index (Phi) is 2.91. The highest BCUT2D eigenvalue weighted by Crippen LogP contribution is 2.57. The van der Waals surface area contributed by atoms with Gasteiger partial charge in [-0.25, -0.2) is 0 Å². The lowest BCUT2D eigenvalue weighted by Gasteiger charge is -2.33. The fourth-order valence-electron chi connectivity index (χ4n) is 4.18. The monoisotopic (exact) mass is 337 g/mol. The average molecular weight is 337 g/mol. The molecule has 1 unspecified atom stereocenters. The van der Waals surface area contributed by atoms with Gasteiger partial charge in [0.25, 0.3) is 0 Å². The van der Waals surface area contributed by atoms with Gasteiger partial charge in [-0.1, -0.05) is 24.3 Å². The minimum atomic E-state index is -4.32. The van der Waals surface area contributed by atoms with Gasteiger partial charge in [-0.3, -0.25) is 4.98 Å². The maximum absolute atomic E-state index is 12.9. The molecule has 0 saturated carbocycles. The first-order valence-electron chi connectivity index (χ1n) is 8.34. The number of pyridine rings is 1. The number of rotatable bonds is 1. The molecule has 1 nitrogen and oxygen atoms in total. The zero-order valence-electron chi connectivity index (χ0n) is 13.3. The van der Waals surface area contributed by atoms with E-state index >= 15 is 0 Å². The van der Waals surface area contributed by atoms with Gasteiger partial charge in [-0.2, -0.15) is 13.2 Å². The van der Waals surface area contributed by atoms with Crippen LogP contribution in [0.15, 0.2) is 54.7 Å². The average Bonchev–Trinajstić information content (AvgIpc) is 3.02. The van der Waals surface area contributed by atoms with Crippen molar-refractivity contribution in [3.63, 3.8) is 0 Å². The molecule has 1 atom stereocenters. The summed E-state index contributed by atoms with van der Waals surface area (Å²) in [7, 11) is 0. The molecule has 0 fully saturated rings. The predicted octanol–water partition coefficient (Wildman–Crippen LogP) is 6.20. The number of halogens is 3. The molecule has 2 aromatic carbocycles. The van der Waals surface area contributed by atoms with Crippen molar-refractivity contribution in [2.75, 3.05) is 0 Å². The van der Waals surface area contributed by atoms with Gasteiger partial charge in [0.1, 0.15) is 0 Å². The minimum absolute atomic E-state index is 0.402. The van der Waals surface area contributed by atoms with E-state index < -0.39 is 11.7 Å². The van der Waals surface area contributed by atoms with Gasteiger partial charge in [0, 0.05) is 23.1 Å². The summed E-state index contributed by atoms with van der Waals surface area (Å²) in [4.78, 5) is 4.54. The maximum Gasteiger partial charge on any atom is 0.416 e. The molecule has 2 aliphatic rings. The summed E-state index contributed by atoms with van der Waals surface area (Å²) in [6.45, 7) is 0. The van der Waals surface area contributed by atoms with Crippen LogP contribution < -0.4 is 0 Å². The van der Waals surface area contributed by atoms with E-state index in [1.165, 1.54) is 16.7 Å². The number of alkyl halides is 3. The number of nitrogens with zero attached hydrogens (tertiary/aromatic N) is 1. The Balaban J connectivity index is 1.76. The van der Waals surface area contributed by atoms with Crippen LogP contribution in [0.3, 0.4) is 0 Å². The van der Waals surface area contributed by atoms with Crippen molar-refractivity contribution in [3.05, 3.63) is 71.4 Å². The molecule has 1 aromatic heterocycles. The van der Waals surface area contributed by atoms with Crippen LogP contribution in [-0.2, 0) is 6.18 Å². The number of allylic oxidation sites excluding steroid dienone is 2. The molecule has 0 spiro atoms. The highest BCUT2D eigenvalue weighted by atomic mass is 19.4. The number of fused-ring (bicyclic) bond motifs is 5. The molecule has 1 heterocycles. The van der Waals surface area contributed by atoms with Crippen molar-refractivity contribution in [2.24, 2.45) is 0 Å². The van der Waals surface area contributed by atoms with E-state index in [9.17, 15) is 13.2 Å². The molecule has 0 radical (unpaired) electrons. The molecule has 0 bridgehead atoms. The van der Waals surface area contributed by atoms with E-state index in [-0.39, 0.29) is 0 Å². The maximum atomic E-state index is 12.9. The summed E-state index contributed by atoms with van der Waals surface area (Å²) in [5.74, 6) is 0.402. The van der Waals surface area contributed by atoms with Gasteiger partial charge in [0.2, 0.25) is 0 Å². The van der Waals surface area contributed by atoms with Gasteiger partial charge >= 0.3 is 6.18 Å². The lowest BCUT2D eigenvalue weighted by molar-refractivity contribution is -0.137. The van der Waals surface area contributed by atoms with E-state index in [4.69, 9.17) is 0 Å². The van der Waals surface area contributed by atoms with E-state index in [0.717, 1.165) is 47.0 Å². The SMILES string of the molecule is FC(F)(F)c1ccc(-c2c3c(cc4cccnc24)C2=CCCC23)cc1. The Morgan fingerprint density at radius 3 is 2.60 bits per heavy atom. The van der Waals surface area contributed by atoms with Crippen LogP contribution in [-0.4, -0.2) is 4.98 Å². The van der Waals surface area contributed by atoms with Crippen LogP contribution in [0.1, 0.15) is 35.4 Å². The minimum Gasteiger partial charge on any atom is -0.256 e. The molecule has 5 rings (SSSR count). The lowest BCUT2D eigenvalue weighted by Crippen LogP contribution is -2.15. The summed E-state index contributed by atoms with van der Waals surface area (Å²) in [6.07, 6.45) is 1.85. The Bertz CT molecular complexity index is 1030. The Morgan fingerprint density at radius 2 is 1.84 bits per heavy atom. The highest BCUT2D eigenvalue weighted by molar-refractivity contribution is 6.04. The van der Waals surface area contributed by atoms with Gasteiger partial charge in [0.15, 0.2) is 0 Å². The summed E-state index contributed by atoms with van der Waals surface area (Å²) in [5.41, 5.74) is 5.91. The van der Waals surface area contributed by atoms with Crippen molar-refractivity contribution in [2.45, 2.75) is 24.9 Å². The van der Waals surface area contributed by atoms with Crippen LogP contribution in [0.4, 0.5) is 13.2 Å². The van der Waals surface area contributed by atoms with E-state index in [2.05, 4.69) is 17.1 Å². The summed E-state index contributed by atoms with van der Waals surface area (Å²) < 4.78 is 38.7. The quantitative estimate of drug-likeness (QED) is 0.515. The summed E-state index contributed by atoms with van der Waals surface area (Å²) in [6, 6.07) is 11.5. The molecule has 4 heteroatoms. The number of hydrogen-bond donors (Lipinski definition) is 0. The van der Waals surface area contributed by atoms with Crippen molar-refractivity contribution in [1.29, 1.82) is 0 Å². The van der Waals surface area contributed by atoms with E-state index in [0.29, 0.717) is 5.92 Å². The van der Waals surface area contributed by atoms with Crippen molar-refractivity contribution >= 4 is 16.5 Å². The van der Waals surface area contributed by atoms with Crippen molar-refractivity contribution in [1.82, 2.24) is 4.98 Å². The molecular formula is C21H14F3N. The fourth-order valence-corrected chi connectivity index (χ4v) is 4.18. The third-order valence-electron chi connectivity index (χ3n) is 5.29. The largest absolute Gasteiger partial charge is 0.416 e. The highest BCUT2D eigenvalue weighted by Gasteiger charge is 2.38. The third-order valence-corrected chi connectivity index (χ3v) is 5.29. The van der Waals surface area contributed by atoms with Gasteiger partial charge in [0.05, 0.1) is 11.1 Å². The second-order valence-corrected chi connectivity index (χ2v) is 6.65. The van der Waals surface area contributed by atoms with Gasteiger partial charge in [-0.15, -0.1) is 0 Å². The second kappa shape index (κ2) is 4.94. The molecular weight excluding hydrogens is 323 g/mol. The Hall–Kier alpha value is -2.62. The van der Waals surface area contributed by atoms with Crippen molar-refractivity contribution in [3.8, 4) is 11.1 Å². The third kappa shape index (κ3) is 2.06.